The first kappa shape index (κ1) is 15.4. The van der Waals surface area contributed by atoms with Crippen LogP contribution in [0.25, 0.3) is 0 Å². The minimum atomic E-state index is -0.186. The number of aliphatic hydroxyl groups excluding tert-OH is 1. The lowest BCUT2D eigenvalue weighted by atomic mass is 10.2. The molecule has 6 heteroatoms. The molecule has 0 aromatic carbocycles. The van der Waals surface area contributed by atoms with E-state index >= 15 is 0 Å². The summed E-state index contributed by atoms with van der Waals surface area (Å²) < 4.78 is 5.58. The molecule has 1 aliphatic heterocycles. The highest BCUT2D eigenvalue weighted by molar-refractivity contribution is 7.07. The first-order valence-electron chi connectivity index (χ1n) is 6.82. The minimum absolute atomic E-state index is 0.000225. The largest absolute Gasteiger partial charge is 0.394 e. The van der Waals surface area contributed by atoms with Gasteiger partial charge in [-0.1, -0.05) is 0 Å². The molecule has 1 aromatic heterocycles. The van der Waals surface area contributed by atoms with Crippen molar-refractivity contribution >= 4 is 17.2 Å². The van der Waals surface area contributed by atoms with Crippen molar-refractivity contribution in [3.63, 3.8) is 0 Å². The minimum Gasteiger partial charge on any atom is -0.394 e. The maximum atomic E-state index is 12.2. The Morgan fingerprint density at radius 2 is 2.40 bits per heavy atom. The van der Waals surface area contributed by atoms with Crippen LogP contribution in [0.15, 0.2) is 16.8 Å². The van der Waals surface area contributed by atoms with Crippen molar-refractivity contribution < 1.29 is 14.6 Å². The molecule has 2 unspecified atom stereocenters. The lowest BCUT2D eigenvalue weighted by Gasteiger charge is -2.36. The molecule has 1 aromatic rings. The Hall–Kier alpha value is -0.950. The van der Waals surface area contributed by atoms with Gasteiger partial charge < -0.3 is 14.7 Å². The van der Waals surface area contributed by atoms with Crippen LogP contribution in [0.2, 0.25) is 0 Å². The fourth-order valence-electron chi connectivity index (χ4n) is 2.43. The third kappa shape index (κ3) is 4.28. The molecule has 0 bridgehead atoms. The van der Waals surface area contributed by atoms with Gasteiger partial charge in [-0.3, -0.25) is 9.69 Å². The quantitative estimate of drug-likeness (QED) is 0.873. The van der Waals surface area contributed by atoms with Crippen LogP contribution < -0.4 is 0 Å². The average Bonchev–Trinajstić information content (AvgIpc) is 2.90. The second-order valence-corrected chi connectivity index (χ2v) is 6.11. The number of morpholine rings is 1. The third-order valence-corrected chi connectivity index (χ3v) is 4.12. The number of ether oxygens (including phenoxy) is 1. The van der Waals surface area contributed by atoms with E-state index in [1.165, 1.54) is 0 Å². The number of nitrogens with zero attached hydrogens (tertiary/aromatic N) is 2. The van der Waals surface area contributed by atoms with E-state index in [9.17, 15) is 9.90 Å². The molecule has 1 aliphatic rings. The van der Waals surface area contributed by atoms with E-state index in [2.05, 4.69) is 10.3 Å². The smallest absolute Gasteiger partial charge is 0.236 e. The lowest BCUT2D eigenvalue weighted by Crippen LogP contribution is -2.51. The van der Waals surface area contributed by atoms with Crippen LogP contribution in [0.4, 0.5) is 0 Å². The van der Waals surface area contributed by atoms with Gasteiger partial charge in [-0.2, -0.15) is 11.3 Å². The number of carbonyl (C=O) groups excluding carboxylic acids is 1. The molecule has 1 N–H and O–H groups in total. The van der Waals surface area contributed by atoms with E-state index in [-0.39, 0.29) is 24.7 Å². The van der Waals surface area contributed by atoms with Gasteiger partial charge in [0.1, 0.15) is 0 Å². The van der Waals surface area contributed by atoms with E-state index in [0.717, 1.165) is 12.1 Å². The number of likely N-dealkylation sites (N-methyl/N-ethyl adjacent to an activating group) is 1. The zero-order valence-corrected chi connectivity index (χ0v) is 12.8. The number of hydrogen-bond acceptors (Lipinski definition) is 5. The molecule has 2 heterocycles. The summed E-state index contributed by atoms with van der Waals surface area (Å²) in [7, 11) is 1.83. The van der Waals surface area contributed by atoms with Gasteiger partial charge >= 0.3 is 0 Å². The summed E-state index contributed by atoms with van der Waals surface area (Å²) in [6.07, 6.45) is -0.135. The Bertz CT molecular complexity index is 424. The molecule has 2 rings (SSSR count). The molecular formula is C14H22N2O3S. The van der Waals surface area contributed by atoms with Crippen LogP contribution in [0.3, 0.4) is 0 Å². The molecule has 112 valence electrons. The Morgan fingerprint density at radius 3 is 3.05 bits per heavy atom. The SMILES string of the molecule is CC1CN(CC(=O)N(C)Cc2ccsc2)CC(CO)O1. The molecule has 0 radical (unpaired) electrons. The van der Waals surface area contributed by atoms with Crippen LogP contribution in [0.5, 0.6) is 0 Å². The van der Waals surface area contributed by atoms with Crippen LogP contribution in [-0.4, -0.2) is 66.3 Å². The van der Waals surface area contributed by atoms with Gasteiger partial charge in [0.15, 0.2) is 0 Å². The number of carbonyl (C=O) groups is 1. The van der Waals surface area contributed by atoms with Crippen molar-refractivity contribution in [2.24, 2.45) is 0 Å². The van der Waals surface area contributed by atoms with Crippen LogP contribution in [-0.2, 0) is 16.1 Å². The zero-order chi connectivity index (χ0) is 14.5. The van der Waals surface area contributed by atoms with Gasteiger partial charge in [0.2, 0.25) is 5.91 Å². The van der Waals surface area contributed by atoms with E-state index in [1.54, 1.807) is 16.2 Å². The molecule has 1 fully saturated rings. The fourth-order valence-corrected chi connectivity index (χ4v) is 3.09. The number of hydrogen-bond donors (Lipinski definition) is 1. The summed E-state index contributed by atoms with van der Waals surface area (Å²) in [5.41, 5.74) is 1.16. The van der Waals surface area contributed by atoms with Gasteiger partial charge in [-0.15, -0.1) is 0 Å². The second-order valence-electron chi connectivity index (χ2n) is 5.33. The van der Waals surface area contributed by atoms with Gasteiger partial charge in [0.25, 0.3) is 0 Å². The third-order valence-electron chi connectivity index (χ3n) is 3.39. The van der Waals surface area contributed by atoms with E-state index in [4.69, 9.17) is 4.74 Å². The number of thiophene rings is 1. The van der Waals surface area contributed by atoms with E-state index in [0.29, 0.717) is 19.6 Å². The molecule has 2 atom stereocenters. The predicted molar refractivity (Wildman–Crippen MR) is 78.7 cm³/mol. The first-order valence-corrected chi connectivity index (χ1v) is 7.76. The Balaban J connectivity index is 1.83. The van der Waals surface area contributed by atoms with Crippen LogP contribution >= 0.6 is 11.3 Å². The van der Waals surface area contributed by atoms with Crippen molar-refractivity contribution in [2.75, 3.05) is 33.3 Å². The highest BCUT2D eigenvalue weighted by Crippen LogP contribution is 2.12. The van der Waals surface area contributed by atoms with Crippen molar-refractivity contribution in [3.05, 3.63) is 22.4 Å². The summed E-state index contributed by atoms with van der Waals surface area (Å²) in [5, 5.41) is 13.3. The molecule has 1 amide bonds. The second kappa shape index (κ2) is 7.17. The molecule has 0 saturated carbocycles. The van der Waals surface area contributed by atoms with E-state index in [1.807, 2.05) is 25.4 Å². The Morgan fingerprint density at radius 1 is 1.60 bits per heavy atom. The summed E-state index contributed by atoms with van der Waals surface area (Å²) in [4.78, 5) is 16.0. The van der Waals surface area contributed by atoms with Gasteiger partial charge in [0.05, 0.1) is 25.4 Å². The number of aliphatic hydroxyl groups is 1. The topological polar surface area (TPSA) is 53.0 Å². The average molecular weight is 298 g/mol. The fraction of sp³-hybridized carbons (Fsp3) is 0.643. The predicted octanol–water partition coefficient (Wildman–Crippen LogP) is 0.788. The maximum absolute atomic E-state index is 12.2. The first-order chi connectivity index (χ1) is 9.58. The van der Waals surface area contributed by atoms with Crippen LogP contribution in [0.1, 0.15) is 12.5 Å². The molecule has 0 spiro atoms. The zero-order valence-electron chi connectivity index (χ0n) is 12.0. The van der Waals surface area contributed by atoms with Crippen molar-refractivity contribution in [1.82, 2.24) is 9.80 Å². The molecular weight excluding hydrogens is 276 g/mol. The normalized spacial score (nSPS) is 23.8. The van der Waals surface area contributed by atoms with Crippen LogP contribution in [0, 0.1) is 0 Å². The summed E-state index contributed by atoms with van der Waals surface area (Å²) >= 11 is 1.64. The van der Waals surface area contributed by atoms with Gasteiger partial charge in [-0.05, 0) is 29.3 Å². The van der Waals surface area contributed by atoms with Gasteiger partial charge in [-0.25, -0.2) is 0 Å². The summed E-state index contributed by atoms with van der Waals surface area (Å²) in [6, 6.07) is 2.03. The van der Waals surface area contributed by atoms with E-state index < -0.39 is 0 Å². The lowest BCUT2D eigenvalue weighted by molar-refractivity contribution is -0.137. The van der Waals surface area contributed by atoms with Gasteiger partial charge in [0, 0.05) is 26.7 Å². The van der Waals surface area contributed by atoms with Crippen molar-refractivity contribution in [1.29, 1.82) is 0 Å². The Labute approximate surface area is 123 Å². The highest BCUT2D eigenvalue weighted by Gasteiger charge is 2.26. The molecule has 5 nitrogen and oxygen atoms in total. The maximum Gasteiger partial charge on any atom is 0.236 e. The standard InChI is InChI=1S/C14H22N2O3S/c1-11-5-16(7-13(9-17)19-11)8-14(18)15(2)6-12-3-4-20-10-12/h3-4,10-11,13,17H,5-9H2,1-2H3. The number of amides is 1. The molecule has 20 heavy (non-hydrogen) atoms. The van der Waals surface area contributed by atoms with Crippen molar-refractivity contribution in [3.8, 4) is 0 Å². The molecule has 1 saturated heterocycles. The highest BCUT2D eigenvalue weighted by atomic mass is 32.1. The summed E-state index contributed by atoms with van der Waals surface area (Å²) in [5.74, 6) is 0.0991. The molecule has 0 aliphatic carbocycles. The van der Waals surface area contributed by atoms with Crippen molar-refractivity contribution in [2.45, 2.75) is 25.7 Å². The summed E-state index contributed by atoms with van der Waals surface area (Å²) in [6.45, 7) is 4.33. The Kier molecular flexibility index (Phi) is 5.54. The number of rotatable bonds is 5. The monoisotopic (exact) mass is 298 g/mol.